The van der Waals surface area contributed by atoms with Crippen LogP contribution in [0.1, 0.15) is 6.92 Å². The second-order valence-corrected chi connectivity index (χ2v) is 7.21. The summed E-state index contributed by atoms with van der Waals surface area (Å²) in [4.78, 5) is 8.68. The van der Waals surface area contributed by atoms with E-state index < -0.39 is 0 Å². The Morgan fingerprint density at radius 2 is 2.14 bits per heavy atom. The van der Waals surface area contributed by atoms with E-state index >= 15 is 0 Å². The summed E-state index contributed by atoms with van der Waals surface area (Å²) in [5.41, 5.74) is 1.22. The lowest BCUT2D eigenvalue weighted by Gasteiger charge is -2.18. The Kier molecular flexibility index (Phi) is 4.69. The average molecular weight is 355 g/mol. The molecule has 1 aliphatic heterocycles. The third-order valence-electron chi connectivity index (χ3n) is 3.02. The Hall–Kier alpha value is -0.810. The van der Waals surface area contributed by atoms with Crippen LogP contribution < -0.4 is 4.90 Å². The summed E-state index contributed by atoms with van der Waals surface area (Å²) < 4.78 is 0. The Bertz CT molecular complexity index is 704. The molecule has 1 aromatic carbocycles. The van der Waals surface area contributed by atoms with Gasteiger partial charge in [0.15, 0.2) is 0 Å². The SMILES string of the molecule is CC1=CSCN1c1cc(Sc2cccc(Cl)c2Cl)ccn1. The maximum atomic E-state index is 6.24. The number of nitrogens with zero attached hydrogens (tertiary/aromatic N) is 2. The highest BCUT2D eigenvalue weighted by Crippen LogP contribution is 2.38. The van der Waals surface area contributed by atoms with Gasteiger partial charge < -0.3 is 4.90 Å². The molecule has 108 valence electrons. The highest BCUT2D eigenvalue weighted by atomic mass is 35.5. The van der Waals surface area contributed by atoms with Gasteiger partial charge in [0.05, 0.1) is 15.9 Å². The van der Waals surface area contributed by atoms with Gasteiger partial charge in [-0.25, -0.2) is 4.98 Å². The van der Waals surface area contributed by atoms with E-state index in [9.17, 15) is 0 Å². The fourth-order valence-corrected chi connectivity index (χ4v) is 4.24. The molecule has 0 saturated heterocycles. The molecule has 0 fully saturated rings. The molecule has 0 spiro atoms. The van der Waals surface area contributed by atoms with Crippen molar-refractivity contribution in [3.63, 3.8) is 0 Å². The van der Waals surface area contributed by atoms with Crippen LogP contribution in [0.15, 0.2) is 57.4 Å². The van der Waals surface area contributed by atoms with Crippen molar-refractivity contribution >= 4 is 52.5 Å². The van der Waals surface area contributed by atoms with E-state index in [0.717, 1.165) is 21.5 Å². The number of benzene rings is 1. The van der Waals surface area contributed by atoms with Gasteiger partial charge in [0.2, 0.25) is 0 Å². The van der Waals surface area contributed by atoms with Gasteiger partial charge in [0, 0.05) is 21.7 Å². The van der Waals surface area contributed by atoms with Gasteiger partial charge in [-0.3, -0.25) is 0 Å². The standard InChI is InChI=1S/C15H12Cl2N2S2/c1-10-8-20-9-19(10)14-7-11(5-6-18-14)21-13-4-2-3-12(16)15(13)17/h2-8H,9H2,1H3. The molecular formula is C15H12Cl2N2S2. The lowest BCUT2D eigenvalue weighted by atomic mass is 10.4. The lowest BCUT2D eigenvalue weighted by Crippen LogP contribution is -2.16. The molecule has 3 rings (SSSR count). The quantitative estimate of drug-likeness (QED) is 0.680. The Morgan fingerprint density at radius 3 is 2.90 bits per heavy atom. The largest absolute Gasteiger partial charge is 0.320 e. The number of hydrogen-bond acceptors (Lipinski definition) is 4. The molecule has 0 unspecified atom stereocenters. The minimum Gasteiger partial charge on any atom is -0.320 e. The summed E-state index contributed by atoms with van der Waals surface area (Å²) in [6.07, 6.45) is 1.83. The van der Waals surface area contributed by atoms with E-state index in [1.54, 1.807) is 29.6 Å². The van der Waals surface area contributed by atoms with Crippen LogP contribution in [0.2, 0.25) is 10.0 Å². The summed E-state index contributed by atoms with van der Waals surface area (Å²) in [7, 11) is 0. The van der Waals surface area contributed by atoms with Crippen molar-refractivity contribution in [1.82, 2.24) is 4.98 Å². The van der Waals surface area contributed by atoms with Crippen molar-refractivity contribution in [2.45, 2.75) is 16.7 Å². The van der Waals surface area contributed by atoms with Crippen molar-refractivity contribution in [3.8, 4) is 0 Å². The van der Waals surface area contributed by atoms with Gasteiger partial charge in [-0.15, -0.1) is 11.8 Å². The molecule has 0 amide bonds. The van der Waals surface area contributed by atoms with E-state index in [2.05, 4.69) is 28.3 Å². The molecule has 0 atom stereocenters. The van der Waals surface area contributed by atoms with Crippen molar-refractivity contribution in [2.24, 2.45) is 0 Å². The smallest absolute Gasteiger partial charge is 0.134 e. The number of pyridine rings is 1. The Balaban J connectivity index is 1.87. The molecule has 1 aliphatic rings. The molecule has 0 bridgehead atoms. The molecule has 1 aromatic heterocycles. The first-order valence-corrected chi connectivity index (χ1v) is 8.91. The van der Waals surface area contributed by atoms with Gasteiger partial charge in [0.25, 0.3) is 0 Å². The zero-order valence-corrected chi connectivity index (χ0v) is 14.4. The number of rotatable bonds is 3. The van der Waals surface area contributed by atoms with Gasteiger partial charge in [-0.1, -0.05) is 41.0 Å². The highest BCUT2D eigenvalue weighted by Gasteiger charge is 2.15. The highest BCUT2D eigenvalue weighted by molar-refractivity contribution is 8.02. The normalized spacial score (nSPS) is 14.4. The first kappa shape index (κ1) is 15.1. The molecule has 21 heavy (non-hydrogen) atoms. The predicted molar refractivity (Wildman–Crippen MR) is 93.5 cm³/mol. The Morgan fingerprint density at radius 1 is 1.29 bits per heavy atom. The Labute approximate surface area is 142 Å². The fourth-order valence-electron chi connectivity index (χ4n) is 1.95. The fraction of sp³-hybridized carbons (Fsp3) is 0.133. The van der Waals surface area contributed by atoms with Crippen LogP contribution in [0.3, 0.4) is 0 Å². The maximum absolute atomic E-state index is 6.24. The van der Waals surface area contributed by atoms with E-state index in [1.807, 2.05) is 24.4 Å². The third kappa shape index (κ3) is 3.34. The average Bonchev–Trinajstić information content (AvgIpc) is 2.90. The summed E-state index contributed by atoms with van der Waals surface area (Å²) in [6.45, 7) is 2.09. The van der Waals surface area contributed by atoms with Crippen LogP contribution in [0.25, 0.3) is 0 Å². The van der Waals surface area contributed by atoms with E-state index in [0.29, 0.717) is 10.0 Å². The molecule has 0 aliphatic carbocycles. The number of allylic oxidation sites excluding steroid dienone is 1. The molecule has 2 aromatic rings. The second kappa shape index (κ2) is 6.53. The summed E-state index contributed by atoms with van der Waals surface area (Å²) in [5.74, 6) is 1.86. The van der Waals surface area contributed by atoms with E-state index in [-0.39, 0.29) is 0 Å². The molecule has 2 heterocycles. The second-order valence-electron chi connectivity index (χ2n) is 4.49. The zero-order valence-electron chi connectivity index (χ0n) is 11.2. The van der Waals surface area contributed by atoms with Crippen LogP contribution >= 0.6 is 46.7 Å². The van der Waals surface area contributed by atoms with E-state index in [4.69, 9.17) is 23.2 Å². The first-order valence-electron chi connectivity index (χ1n) is 6.29. The van der Waals surface area contributed by atoms with Gasteiger partial charge in [-0.2, -0.15) is 0 Å². The number of anilines is 1. The number of thioether (sulfide) groups is 1. The maximum Gasteiger partial charge on any atom is 0.134 e. The van der Waals surface area contributed by atoms with Crippen LogP contribution in [0.4, 0.5) is 5.82 Å². The topological polar surface area (TPSA) is 16.1 Å². The van der Waals surface area contributed by atoms with Crippen molar-refractivity contribution in [2.75, 3.05) is 10.8 Å². The zero-order chi connectivity index (χ0) is 14.8. The third-order valence-corrected chi connectivity index (χ3v) is 5.92. The van der Waals surface area contributed by atoms with Crippen molar-refractivity contribution < 1.29 is 0 Å². The molecule has 0 N–H and O–H groups in total. The monoisotopic (exact) mass is 354 g/mol. The molecular weight excluding hydrogens is 343 g/mol. The lowest BCUT2D eigenvalue weighted by molar-refractivity contribution is 1.03. The van der Waals surface area contributed by atoms with Crippen molar-refractivity contribution in [3.05, 3.63) is 57.7 Å². The number of halogens is 2. The molecule has 0 saturated carbocycles. The minimum atomic E-state index is 0.575. The van der Waals surface area contributed by atoms with Crippen molar-refractivity contribution in [1.29, 1.82) is 0 Å². The summed E-state index contributed by atoms with van der Waals surface area (Å²) in [5, 5.41) is 3.32. The van der Waals surface area contributed by atoms with Gasteiger partial charge in [-0.05, 0) is 36.6 Å². The number of aromatic nitrogens is 1. The van der Waals surface area contributed by atoms with Gasteiger partial charge in [0.1, 0.15) is 5.82 Å². The minimum absolute atomic E-state index is 0.575. The van der Waals surface area contributed by atoms with Crippen LogP contribution in [0.5, 0.6) is 0 Å². The van der Waals surface area contributed by atoms with Crippen LogP contribution in [-0.4, -0.2) is 10.9 Å². The molecule has 6 heteroatoms. The molecule has 0 radical (unpaired) electrons. The summed E-state index contributed by atoms with van der Waals surface area (Å²) >= 11 is 15.7. The molecule has 2 nitrogen and oxygen atoms in total. The summed E-state index contributed by atoms with van der Waals surface area (Å²) in [6, 6.07) is 9.72. The predicted octanol–water partition coefficient (Wildman–Crippen LogP) is 5.91. The van der Waals surface area contributed by atoms with Crippen LogP contribution in [-0.2, 0) is 0 Å². The number of hydrogen-bond donors (Lipinski definition) is 0. The van der Waals surface area contributed by atoms with Crippen LogP contribution in [0, 0.1) is 0 Å². The van der Waals surface area contributed by atoms with Gasteiger partial charge >= 0.3 is 0 Å². The van der Waals surface area contributed by atoms with E-state index in [1.165, 1.54) is 5.70 Å². The first-order chi connectivity index (χ1) is 10.1.